The molecule has 1 N–H and O–H groups in total. The summed E-state index contributed by atoms with van der Waals surface area (Å²) in [7, 11) is 0. The predicted octanol–water partition coefficient (Wildman–Crippen LogP) is 2.56. The van der Waals surface area contributed by atoms with Gasteiger partial charge in [-0.05, 0) is 18.1 Å². The number of rotatable bonds is 3. The first-order valence-electron chi connectivity index (χ1n) is 6.01. The summed E-state index contributed by atoms with van der Waals surface area (Å²) < 4.78 is 0. The number of hydrogen-bond donors (Lipinski definition) is 1. The first-order valence-corrected chi connectivity index (χ1v) is 6.01. The van der Waals surface area contributed by atoms with Gasteiger partial charge in [-0.25, -0.2) is 0 Å². The second-order valence-electron chi connectivity index (χ2n) is 4.33. The first kappa shape index (κ1) is 11.2. The lowest BCUT2D eigenvalue weighted by molar-refractivity contribution is 0.695. The third-order valence-electron chi connectivity index (χ3n) is 3.12. The second-order valence-corrected chi connectivity index (χ2v) is 4.33. The number of fused-ring (bicyclic) bond motifs is 1. The van der Waals surface area contributed by atoms with Crippen LogP contribution in [0.15, 0.2) is 36.4 Å². The van der Waals surface area contributed by atoms with Gasteiger partial charge in [-0.2, -0.15) is 0 Å². The van der Waals surface area contributed by atoms with Gasteiger partial charge in [0.1, 0.15) is 0 Å². The van der Waals surface area contributed by atoms with Gasteiger partial charge < -0.3 is 10.2 Å². The molecule has 0 amide bonds. The zero-order chi connectivity index (χ0) is 11.4. The van der Waals surface area contributed by atoms with Gasteiger partial charge in [-0.15, -0.1) is 0 Å². The molecule has 0 fully saturated rings. The van der Waals surface area contributed by atoms with Crippen molar-refractivity contribution in [3.63, 3.8) is 0 Å². The van der Waals surface area contributed by atoms with Crippen molar-refractivity contribution < 1.29 is 0 Å². The molecule has 86 valence electrons. The molecule has 2 rings (SSSR count). The van der Waals surface area contributed by atoms with Crippen LogP contribution >= 0.6 is 0 Å². The zero-order valence-electron chi connectivity index (χ0n) is 10.00. The standard InChI is InChI=1S/C14H20N2/c1-3-12(2)11-16-9-8-15-10-13-6-4-5-7-14(13)16/h4-7,15H,2-3,8-11H2,1H3. The lowest BCUT2D eigenvalue weighted by atomic mass is 10.1. The molecule has 1 aromatic carbocycles. The van der Waals surface area contributed by atoms with Crippen LogP contribution in [0.1, 0.15) is 18.9 Å². The number of anilines is 1. The molecule has 0 unspecified atom stereocenters. The van der Waals surface area contributed by atoms with E-state index in [1.807, 2.05) is 0 Å². The Morgan fingerprint density at radius 2 is 2.25 bits per heavy atom. The Morgan fingerprint density at radius 1 is 1.44 bits per heavy atom. The van der Waals surface area contributed by atoms with Gasteiger partial charge in [0.2, 0.25) is 0 Å². The number of benzene rings is 1. The Hall–Kier alpha value is -1.28. The fraction of sp³-hybridized carbons (Fsp3) is 0.429. The summed E-state index contributed by atoms with van der Waals surface area (Å²) in [5.41, 5.74) is 4.06. The highest BCUT2D eigenvalue weighted by Gasteiger charge is 2.14. The van der Waals surface area contributed by atoms with Crippen LogP contribution < -0.4 is 10.2 Å². The quantitative estimate of drug-likeness (QED) is 0.781. The van der Waals surface area contributed by atoms with Gasteiger partial charge in [0, 0.05) is 31.9 Å². The predicted molar refractivity (Wildman–Crippen MR) is 69.8 cm³/mol. The topological polar surface area (TPSA) is 15.3 Å². The Balaban J connectivity index is 2.22. The van der Waals surface area contributed by atoms with Crippen molar-refractivity contribution in [3.05, 3.63) is 42.0 Å². The van der Waals surface area contributed by atoms with E-state index in [4.69, 9.17) is 0 Å². The van der Waals surface area contributed by atoms with Crippen molar-refractivity contribution in [2.75, 3.05) is 24.5 Å². The average Bonchev–Trinajstić information content (AvgIpc) is 2.52. The van der Waals surface area contributed by atoms with Crippen molar-refractivity contribution in [3.8, 4) is 0 Å². The summed E-state index contributed by atoms with van der Waals surface area (Å²) in [5, 5.41) is 3.45. The smallest absolute Gasteiger partial charge is 0.0415 e. The van der Waals surface area contributed by atoms with E-state index in [2.05, 4.69) is 48.0 Å². The Bertz CT molecular complexity index is 371. The zero-order valence-corrected chi connectivity index (χ0v) is 10.00. The Labute approximate surface area is 98.0 Å². The molecule has 1 aromatic rings. The maximum atomic E-state index is 4.11. The van der Waals surface area contributed by atoms with E-state index in [0.29, 0.717) is 0 Å². The molecule has 0 aliphatic carbocycles. The van der Waals surface area contributed by atoms with Crippen LogP contribution in [0.3, 0.4) is 0 Å². The molecule has 0 saturated heterocycles. The molecular weight excluding hydrogens is 196 g/mol. The third-order valence-corrected chi connectivity index (χ3v) is 3.12. The summed E-state index contributed by atoms with van der Waals surface area (Å²) in [5.74, 6) is 0. The summed E-state index contributed by atoms with van der Waals surface area (Å²) >= 11 is 0. The van der Waals surface area contributed by atoms with Crippen LogP contribution in [-0.2, 0) is 6.54 Å². The Kier molecular flexibility index (Phi) is 3.62. The summed E-state index contributed by atoms with van der Waals surface area (Å²) in [6, 6.07) is 8.64. The lowest BCUT2D eigenvalue weighted by Gasteiger charge is -2.25. The minimum absolute atomic E-state index is 0.977. The summed E-state index contributed by atoms with van der Waals surface area (Å²) in [6.07, 6.45) is 1.06. The SMILES string of the molecule is C=C(CC)CN1CCNCc2ccccc21. The molecule has 1 aliphatic rings. The summed E-state index contributed by atoms with van der Waals surface area (Å²) in [4.78, 5) is 2.43. The maximum absolute atomic E-state index is 4.11. The maximum Gasteiger partial charge on any atom is 0.0415 e. The van der Waals surface area contributed by atoms with Crippen molar-refractivity contribution in [1.29, 1.82) is 0 Å². The molecule has 0 bridgehead atoms. The second kappa shape index (κ2) is 5.17. The number of nitrogens with one attached hydrogen (secondary N) is 1. The fourth-order valence-corrected chi connectivity index (χ4v) is 2.07. The third kappa shape index (κ3) is 2.45. The van der Waals surface area contributed by atoms with Crippen LogP contribution in [0, 0.1) is 0 Å². The van der Waals surface area contributed by atoms with Crippen molar-refractivity contribution in [2.45, 2.75) is 19.9 Å². The summed E-state index contributed by atoms with van der Waals surface area (Å²) in [6.45, 7) is 10.4. The highest BCUT2D eigenvalue weighted by Crippen LogP contribution is 2.22. The molecule has 0 saturated carbocycles. The van der Waals surface area contributed by atoms with Crippen LogP contribution in [0.5, 0.6) is 0 Å². The van der Waals surface area contributed by atoms with Crippen LogP contribution in [0.2, 0.25) is 0 Å². The lowest BCUT2D eigenvalue weighted by Crippen LogP contribution is -2.30. The molecule has 2 nitrogen and oxygen atoms in total. The monoisotopic (exact) mass is 216 g/mol. The van der Waals surface area contributed by atoms with E-state index in [-0.39, 0.29) is 0 Å². The molecular formula is C14H20N2. The highest BCUT2D eigenvalue weighted by molar-refractivity contribution is 5.55. The number of para-hydroxylation sites is 1. The Morgan fingerprint density at radius 3 is 3.06 bits per heavy atom. The van der Waals surface area contributed by atoms with Gasteiger partial charge in [0.05, 0.1) is 0 Å². The van der Waals surface area contributed by atoms with Gasteiger partial charge in [0.25, 0.3) is 0 Å². The van der Waals surface area contributed by atoms with E-state index in [1.165, 1.54) is 16.8 Å². The van der Waals surface area contributed by atoms with E-state index in [1.54, 1.807) is 0 Å². The van der Waals surface area contributed by atoms with Crippen molar-refractivity contribution in [2.24, 2.45) is 0 Å². The first-order chi connectivity index (χ1) is 7.81. The minimum Gasteiger partial charge on any atom is -0.366 e. The largest absolute Gasteiger partial charge is 0.366 e. The molecule has 16 heavy (non-hydrogen) atoms. The highest BCUT2D eigenvalue weighted by atomic mass is 15.2. The molecule has 0 spiro atoms. The fourth-order valence-electron chi connectivity index (χ4n) is 2.07. The normalized spacial score (nSPS) is 15.4. The van der Waals surface area contributed by atoms with Crippen LogP contribution in [0.4, 0.5) is 5.69 Å². The van der Waals surface area contributed by atoms with E-state index in [0.717, 1.165) is 32.6 Å². The van der Waals surface area contributed by atoms with Gasteiger partial charge in [-0.1, -0.05) is 37.3 Å². The van der Waals surface area contributed by atoms with Gasteiger partial charge >= 0.3 is 0 Å². The molecule has 0 radical (unpaired) electrons. The molecule has 2 heteroatoms. The minimum atomic E-state index is 0.977. The van der Waals surface area contributed by atoms with Gasteiger partial charge in [0.15, 0.2) is 0 Å². The van der Waals surface area contributed by atoms with Crippen molar-refractivity contribution in [1.82, 2.24) is 5.32 Å². The number of hydrogen-bond acceptors (Lipinski definition) is 2. The van der Waals surface area contributed by atoms with Crippen LogP contribution in [-0.4, -0.2) is 19.6 Å². The molecule has 0 atom stereocenters. The van der Waals surface area contributed by atoms with E-state index >= 15 is 0 Å². The number of nitrogens with zero attached hydrogens (tertiary/aromatic N) is 1. The van der Waals surface area contributed by atoms with E-state index < -0.39 is 0 Å². The van der Waals surface area contributed by atoms with Crippen molar-refractivity contribution >= 4 is 5.69 Å². The van der Waals surface area contributed by atoms with Crippen LogP contribution in [0.25, 0.3) is 0 Å². The average molecular weight is 216 g/mol. The van der Waals surface area contributed by atoms with Gasteiger partial charge in [-0.3, -0.25) is 0 Å². The molecule has 1 aliphatic heterocycles. The van der Waals surface area contributed by atoms with E-state index in [9.17, 15) is 0 Å². The molecule has 1 heterocycles. The molecule has 0 aromatic heterocycles.